The lowest BCUT2D eigenvalue weighted by Crippen LogP contribution is -2.36. The Bertz CT molecular complexity index is 2280. The van der Waals surface area contributed by atoms with Crippen molar-refractivity contribution in [3.63, 3.8) is 0 Å². The highest BCUT2D eigenvalue weighted by Crippen LogP contribution is 2.36. The summed E-state index contributed by atoms with van der Waals surface area (Å²) in [6.07, 6.45) is 2.82. The molecule has 0 unspecified atom stereocenters. The number of benzene rings is 4. The number of ether oxygens (including phenoxy) is 2. The minimum Gasteiger partial charge on any atom is -0.447 e. The molecule has 2 N–H and O–H groups in total. The molecule has 51 heavy (non-hydrogen) atoms. The van der Waals surface area contributed by atoms with Gasteiger partial charge in [-0.3, -0.25) is 9.80 Å². The lowest BCUT2D eigenvalue weighted by Gasteiger charge is -2.27. The van der Waals surface area contributed by atoms with Gasteiger partial charge in [0, 0.05) is 13.1 Å². The first-order chi connectivity index (χ1) is 24.5. The van der Waals surface area contributed by atoms with E-state index in [1.54, 1.807) is 9.80 Å². The van der Waals surface area contributed by atoms with Crippen molar-refractivity contribution >= 4 is 45.0 Å². The minimum absolute atomic E-state index is 0.112. The predicted octanol–water partition coefficient (Wildman–Crippen LogP) is 9.68. The molecule has 10 heteroatoms. The van der Waals surface area contributed by atoms with Crippen LogP contribution in [0, 0.1) is 0 Å². The van der Waals surface area contributed by atoms with Crippen molar-refractivity contribution in [1.82, 2.24) is 29.7 Å². The van der Waals surface area contributed by atoms with Crippen LogP contribution in [0.25, 0.3) is 55.1 Å². The second kappa shape index (κ2) is 12.7. The summed E-state index contributed by atoms with van der Waals surface area (Å²) in [6.45, 7) is 10.8. The van der Waals surface area contributed by atoms with Crippen molar-refractivity contribution in [3.8, 4) is 22.3 Å². The zero-order chi connectivity index (χ0) is 35.4. The van der Waals surface area contributed by atoms with Gasteiger partial charge in [-0.2, -0.15) is 0 Å². The Morgan fingerprint density at radius 3 is 1.61 bits per heavy atom. The third-order valence-corrected chi connectivity index (χ3v) is 9.85. The summed E-state index contributed by atoms with van der Waals surface area (Å²) in [4.78, 5) is 46.0. The van der Waals surface area contributed by atoms with Crippen molar-refractivity contribution < 1.29 is 19.1 Å². The Hall–Kier alpha value is -5.38. The van der Waals surface area contributed by atoms with Crippen molar-refractivity contribution in [2.45, 2.75) is 84.1 Å². The van der Waals surface area contributed by atoms with Crippen LogP contribution in [0.4, 0.5) is 9.59 Å². The number of carbonyl (C=O) groups excluding carboxylic acids is 2. The number of hydrogen-bond acceptors (Lipinski definition) is 6. The Labute approximate surface area is 297 Å². The van der Waals surface area contributed by atoms with Crippen molar-refractivity contribution in [2.75, 3.05) is 13.1 Å². The molecule has 0 spiro atoms. The first-order valence-electron chi connectivity index (χ1n) is 18.0. The third kappa shape index (κ3) is 6.51. The van der Waals surface area contributed by atoms with Gasteiger partial charge in [0.1, 0.15) is 17.2 Å². The van der Waals surface area contributed by atoms with E-state index in [1.807, 2.05) is 34.6 Å². The first-order valence-corrected chi connectivity index (χ1v) is 18.0. The van der Waals surface area contributed by atoms with Gasteiger partial charge in [0.15, 0.2) is 0 Å². The monoisotopic (exact) mass is 684 g/mol. The van der Waals surface area contributed by atoms with Crippen molar-refractivity contribution in [3.05, 3.63) is 84.4 Å². The van der Waals surface area contributed by atoms with Gasteiger partial charge in [-0.25, -0.2) is 19.6 Å². The molecular formula is C41H44N6O4. The van der Waals surface area contributed by atoms with Gasteiger partial charge >= 0.3 is 12.2 Å². The molecule has 2 aliphatic heterocycles. The van der Waals surface area contributed by atoms with Crippen molar-refractivity contribution in [1.29, 1.82) is 0 Å². The molecule has 262 valence electrons. The van der Waals surface area contributed by atoms with E-state index in [2.05, 4.69) is 82.8 Å². The highest BCUT2D eigenvalue weighted by molar-refractivity contribution is 5.93. The number of carbonyl (C=O) groups is 2. The fourth-order valence-corrected chi connectivity index (χ4v) is 7.46. The van der Waals surface area contributed by atoms with E-state index in [0.29, 0.717) is 13.1 Å². The standard InChI is InChI=1S/C41H44N6O4/c1-24(2)50-39(48)46-18-6-8-35(46)37-42-31-16-14-29(22-33(31)44-37)27-12-10-26-21-28(13-11-25(26)20-27)30-15-17-32-34(23-30)45-38(43-32)36-9-7-19-47(36)40(49)51-41(3,4)5/h10-17,20-24,35-36H,6-9,18-19H2,1-5H3,(H,42,44)(H,43,45)/t35-,36-/m0/s1. The number of imidazole rings is 2. The van der Waals surface area contributed by atoms with Gasteiger partial charge in [0.2, 0.25) is 0 Å². The summed E-state index contributed by atoms with van der Waals surface area (Å²) in [5.41, 5.74) is 7.51. The first kappa shape index (κ1) is 32.8. The van der Waals surface area contributed by atoms with E-state index in [4.69, 9.17) is 19.4 Å². The van der Waals surface area contributed by atoms with Gasteiger partial charge in [0.25, 0.3) is 0 Å². The number of rotatable bonds is 5. The highest BCUT2D eigenvalue weighted by atomic mass is 16.6. The highest BCUT2D eigenvalue weighted by Gasteiger charge is 2.35. The number of aromatic amines is 2. The lowest BCUT2D eigenvalue weighted by atomic mass is 9.97. The topological polar surface area (TPSA) is 116 Å². The lowest BCUT2D eigenvalue weighted by molar-refractivity contribution is 0.0218. The predicted molar refractivity (Wildman–Crippen MR) is 199 cm³/mol. The van der Waals surface area contributed by atoms with E-state index >= 15 is 0 Å². The molecule has 4 aromatic carbocycles. The van der Waals surface area contributed by atoms with Gasteiger partial charge < -0.3 is 19.4 Å². The van der Waals surface area contributed by atoms with Gasteiger partial charge in [-0.1, -0.05) is 36.4 Å². The zero-order valence-corrected chi connectivity index (χ0v) is 29.8. The molecule has 4 heterocycles. The Morgan fingerprint density at radius 2 is 1.14 bits per heavy atom. The summed E-state index contributed by atoms with van der Waals surface area (Å²) >= 11 is 0. The maximum atomic E-state index is 12.9. The number of aromatic nitrogens is 4. The molecule has 0 aliphatic carbocycles. The molecule has 0 radical (unpaired) electrons. The van der Waals surface area contributed by atoms with Crippen LogP contribution in [0.2, 0.25) is 0 Å². The molecule has 0 saturated carbocycles. The van der Waals surface area contributed by atoms with Crippen LogP contribution in [0.3, 0.4) is 0 Å². The summed E-state index contributed by atoms with van der Waals surface area (Å²) in [6, 6.07) is 25.4. The van der Waals surface area contributed by atoms with Gasteiger partial charge in [-0.05, 0) is 130 Å². The molecule has 10 nitrogen and oxygen atoms in total. The molecule has 6 aromatic rings. The summed E-state index contributed by atoms with van der Waals surface area (Å²) < 4.78 is 11.2. The third-order valence-electron chi connectivity index (χ3n) is 9.85. The SMILES string of the molecule is CC(C)OC(=O)N1CCC[C@H]1c1nc2cc(-c3ccc4cc(-c5ccc6[nH]c([C@@H]7CCCN7C(=O)OC(C)(C)C)nc6c5)ccc4c3)ccc2[nH]1. The maximum Gasteiger partial charge on any atom is 0.410 e. The molecule has 8 rings (SSSR count). The van der Waals surface area contributed by atoms with Crippen LogP contribution in [-0.4, -0.2) is 66.7 Å². The largest absolute Gasteiger partial charge is 0.447 e. The van der Waals surface area contributed by atoms with Crippen LogP contribution in [0.1, 0.15) is 84.0 Å². The van der Waals surface area contributed by atoms with E-state index in [9.17, 15) is 9.59 Å². The Morgan fingerprint density at radius 1 is 0.686 bits per heavy atom. The number of nitrogens with one attached hydrogen (secondary N) is 2. The Kier molecular flexibility index (Phi) is 8.20. The smallest absolute Gasteiger partial charge is 0.410 e. The zero-order valence-electron chi connectivity index (χ0n) is 29.8. The van der Waals surface area contributed by atoms with Crippen LogP contribution >= 0.6 is 0 Å². The second-order valence-electron chi connectivity index (χ2n) is 15.1. The molecule has 2 amide bonds. The van der Waals surface area contributed by atoms with E-state index < -0.39 is 5.60 Å². The second-order valence-corrected chi connectivity index (χ2v) is 15.1. The number of amides is 2. The van der Waals surface area contributed by atoms with Crippen LogP contribution in [0.15, 0.2) is 72.8 Å². The summed E-state index contributed by atoms with van der Waals surface area (Å²) in [5.74, 6) is 1.60. The quantitative estimate of drug-likeness (QED) is 0.187. The van der Waals surface area contributed by atoms with Crippen LogP contribution < -0.4 is 0 Å². The summed E-state index contributed by atoms with van der Waals surface area (Å²) in [7, 11) is 0. The van der Waals surface area contributed by atoms with E-state index in [1.165, 1.54) is 0 Å². The maximum absolute atomic E-state index is 12.9. The van der Waals surface area contributed by atoms with E-state index in [-0.39, 0.29) is 30.4 Å². The number of fused-ring (bicyclic) bond motifs is 3. The molecular weight excluding hydrogens is 640 g/mol. The molecule has 2 saturated heterocycles. The average Bonchev–Trinajstić information content (AvgIpc) is 3.91. The summed E-state index contributed by atoms with van der Waals surface area (Å²) in [5, 5.41) is 2.30. The molecule has 2 aliphatic rings. The molecule has 2 atom stereocenters. The van der Waals surface area contributed by atoms with Crippen LogP contribution in [-0.2, 0) is 9.47 Å². The number of nitrogens with zero attached hydrogens (tertiary/aromatic N) is 4. The van der Waals surface area contributed by atoms with Crippen LogP contribution in [0.5, 0.6) is 0 Å². The normalized spacial score (nSPS) is 18.1. The van der Waals surface area contributed by atoms with Gasteiger partial charge in [0.05, 0.1) is 40.3 Å². The fourth-order valence-electron chi connectivity index (χ4n) is 7.46. The number of H-pyrrole nitrogens is 2. The molecule has 2 aromatic heterocycles. The number of hydrogen-bond donors (Lipinski definition) is 2. The average molecular weight is 685 g/mol. The minimum atomic E-state index is -0.543. The Balaban J connectivity index is 1.02. The van der Waals surface area contributed by atoms with Crippen molar-refractivity contribution in [2.24, 2.45) is 0 Å². The number of likely N-dealkylation sites (tertiary alicyclic amines) is 2. The van der Waals surface area contributed by atoms with Gasteiger partial charge in [-0.15, -0.1) is 0 Å². The molecule has 2 fully saturated rings. The van der Waals surface area contributed by atoms with E-state index in [0.717, 1.165) is 92.4 Å². The fraction of sp³-hybridized carbons (Fsp3) is 0.366. The molecule has 0 bridgehead atoms.